The highest BCUT2D eigenvalue weighted by Crippen LogP contribution is 2.43. The number of anilines is 1. The lowest BCUT2D eigenvalue weighted by molar-refractivity contribution is 0.0615. The van der Waals surface area contributed by atoms with Gasteiger partial charge in [0.2, 0.25) is 0 Å². The monoisotopic (exact) mass is 596 g/mol. The number of halogens is 1. The summed E-state index contributed by atoms with van der Waals surface area (Å²) in [6.07, 6.45) is 7.07. The van der Waals surface area contributed by atoms with Crippen LogP contribution in [0.3, 0.4) is 0 Å². The molecule has 2 saturated heterocycles. The second kappa shape index (κ2) is 13.0. The lowest BCUT2D eigenvalue weighted by Gasteiger charge is -2.54. The van der Waals surface area contributed by atoms with Crippen molar-refractivity contribution < 1.29 is 23.8 Å². The molecule has 2 aliphatic heterocycles. The Labute approximate surface area is 253 Å². The maximum Gasteiger partial charge on any atom is 0.404 e. The number of carbonyl (C=O) groups excluding carboxylic acids is 1. The number of benzene rings is 1. The van der Waals surface area contributed by atoms with Crippen molar-refractivity contribution >= 4 is 17.8 Å². The first-order valence-electron chi connectivity index (χ1n) is 15.6. The molecule has 5 rings (SSSR count). The molecule has 0 unspecified atom stereocenters. The van der Waals surface area contributed by atoms with Gasteiger partial charge in [0.1, 0.15) is 17.4 Å². The molecule has 1 aromatic heterocycles. The van der Waals surface area contributed by atoms with Crippen molar-refractivity contribution in [3.63, 3.8) is 0 Å². The SMILES string of the molecule is CC(C)N(C(=O)c1cc(F)ccc1Oc1nccc(N2CC3(CCN(CC4CCC(NC(=O)O)CC4)CC3)C2)n1)C(C)C. The number of nitrogens with one attached hydrogen (secondary N) is 1. The molecule has 3 heterocycles. The summed E-state index contributed by atoms with van der Waals surface area (Å²) in [7, 11) is 0. The molecule has 234 valence electrons. The number of likely N-dealkylation sites (tertiary alicyclic amines) is 1. The molecule has 0 radical (unpaired) electrons. The molecule has 43 heavy (non-hydrogen) atoms. The molecular formula is C32H45FN6O4. The van der Waals surface area contributed by atoms with E-state index in [1.54, 1.807) is 11.1 Å². The number of nitrogens with zero attached hydrogens (tertiary/aromatic N) is 5. The third-order valence-corrected chi connectivity index (χ3v) is 9.32. The highest BCUT2D eigenvalue weighted by atomic mass is 19.1. The van der Waals surface area contributed by atoms with Gasteiger partial charge in [-0.3, -0.25) is 4.79 Å². The minimum atomic E-state index is -0.918. The van der Waals surface area contributed by atoms with Crippen LogP contribution in [0.1, 0.15) is 76.6 Å². The van der Waals surface area contributed by atoms with Gasteiger partial charge in [-0.1, -0.05) is 0 Å². The Bertz CT molecular complexity index is 1270. The van der Waals surface area contributed by atoms with Crippen LogP contribution in [0.2, 0.25) is 0 Å². The smallest absolute Gasteiger partial charge is 0.404 e. The highest BCUT2D eigenvalue weighted by Gasteiger charge is 2.45. The molecule has 1 spiro atoms. The Morgan fingerprint density at radius 2 is 1.77 bits per heavy atom. The van der Waals surface area contributed by atoms with Crippen LogP contribution in [0.15, 0.2) is 30.5 Å². The molecule has 0 bridgehead atoms. The zero-order chi connectivity index (χ0) is 30.7. The molecule has 2 amide bonds. The predicted octanol–water partition coefficient (Wildman–Crippen LogP) is 5.40. The molecule has 1 saturated carbocycles. The van der Waals surface area contributed by atoms with Crippen molar-refractivity contribution in [2.45, 2.75) is 84.3 Å². The normalized spacial score (nSPS) is 22.0. The fraction of sp³-hybridized carbons (Fsp3) is 0.625. The molecule has 3 fully saturated rings. The predicted molar refractivity (Wildman–Crippen MR) is 162 cm³/mol. The van der Waals surface area contributed by atoms with Crippen molar-refractivity contribution in [2.24, 2.45) is 11.3 Å². The fourth-order valence-corrected chi connectivity index (χ4v) is 7.10. The Hall–Kier alpha value is -3.47. The average molecular weight is 597 g/mol. The number of carboxylic acid groups (broad SMARTS) is 1. The molecular weight excluding hydrogens is 551 g/mol. The zero-order valence-corrected chi connectivity index (χ0v) is 25.8. The van der Waals surface area contributed by atoms with E-state index in [1.165, 1.54) is 18.2 Å². The number of hydrogen-bond acceptors (Lipinski definition) is 7. The van der Waals surface area contributed by atoms with Gasteiger partial charge in [-0.25, -0.2) is 14.2 Å². The molecule has 10 nitrogen and oxygen atoms in total. The summed E-state index contributed by atoms with van der Waals surface area (Å²) in [5, 5.41) is 11.6. The molecule has 1 aromatic carbocycles. The third-order valence-electron chi connectivity index (χ3n) is 9.32. The number of ether oxygens (including phenoxy) is 1. The van der Waals surface area contributed by atoms with Gasteiger partial charge in [-0.05, 0) is 109 Å². The van der Waals surface area contributed by atoms with Crippen LogP contribution < -0.4 is 15.0 Å². The van der Waals surface area contributed by atoms with E-state index in [-0.39, 0.29) is 41.4 Å². The van der Waals surface area contributed by atoms with Crippen molar-refractivity contribution in [3.8, 4) is 11.8 Å². The number of rotatable bonds is 9. The standard InChI is InChI=1S/C32H45FN6O4/c1-21(2)39(22(3)4)29(40)26-17-24(33)7-10-27(26)43-30-34-14-11-28(36-30)38-19-32(20-38)12-15-37(16-13-32)18-23-5-8-25(9-6-23)35-31(41)42/h7,10-11,14,17,21-23,25,35H,5-6,8-9,12-13,15-16,18-20H2,1-4H3,(H,41,42). The van der Waals surface area contributed by atoms with Gasteiger partial charge >= 0.3 is 12.1 Å². The second-order valence-electron chi connectivity index (χ2n) is 13.2. The van der Waals surface area contributed by atoms with E-state index in [0.717, 1.165) is 77.1 Å². The van der Waals surface area contributed by atoms with Crippen LogP contribution in [0, 0.1) is 17.2 Å². The Balaban J connectivity index is 1.15. The Morgan fingerprint density at radius 3 is 2.40 bits per heavy atom. The summed E-state index contributed by atoms with van der Waals surface area (Å²) in [5.74, 6) is 0.860. The van der Waals surface area contributed by atoms with Crippen molar-refractivity contribution in [2.75, 3.05) is 37.6 Å². The van der Waals surface area contributed by atoms with Gasteiger partial charge in [0, 0.05) is 49.4 Å². The van der Waals surface area contributed by atoms with E-state index in [9.17, 15) is 14.0 Å². The molecule has 2 aromatic rings. The third kappa shape index (κ3) is 7.37. The summed E-state index contributed by atoms with van der Waals surface area (Å²) in [4.78, 5) is 39.7. The van der Waals surface area contributed by atoms with E-state index in [4.69, 9.17) is 9.84 Å². The van der Waals surface area contributed by atoms with E-state index >= 15 is 0 Å². The van der Waals surface area contributed by atoms with Crippen LogP contribution in [-0.2, 0) is 0 Å². The minimum absolute atomic E-state index is 0.0585. The fourth-order valence-electron chi connectivity index (χ4n) is 7.10. The van der Waals surface area contributed by atoms with Crippen LogP contribution in [0.25, 0.3) is 0 Å². The van der Waals surface area contributed by atoms with Gasteiger partial charge in [-0.15, -0.1) is 0 Å². The Morgan fingerprint density at radius 1 is 1.09 bits per heavy atom. The first-order valence-corrected chi connectivity index (χ1v) is 15.6. The lowest BCUT2D eigenvalue weighted by atomic mass is 9.71. The van der Waals surface area contributed by atoms with Crippen molar-refractivity contribution in [3.05, 3.63) is 41.8 Å². The summed E-state index contributed by atoms with van der Waals surface area (Å²) in [6, 6.07) is 5.94. The van der Waals surface area contributed by atoms with Gasteiger partial charge < -0.3 is 29.9 Å². The number of hydrogen-bond donors (Lipinski definition) is 2. The molecule has 2 N–H and O–H groups in total. The van der Waals surface area contributed by atoms with E-state index < -0.39 is 11.9 Å². The maximum absolute atomic E-state index is 14.2. The molecule has 3 aliphatic rings. The first kappa shape index (κ1) is 31.0. The van der Waals surface area contributed by atoms with E-state index in [0.29, 0.717) is 11.3 Å². The van der Waals surface area contributed by atoms with Gasteiger partial charge in [0.05, 0.1) is 5.56 Å². The van der Waals surface area contributed by atoms with Crippen LogP contribution in [0.5, 0.6) is 11.8 Å². The van der Waals surface area contributed by atoms with Gasteiger partial charge in [0.25, 0.3) is 5.91 Å². The van der Waals surface area contributed by atoms with Crippen LogP contribution in [0.4, 0.5) is 15.0 Å². The summed E-state index contributed by atoms with van der Waals surface area (Å²) < 4.78 is 20.2. The molecule has 11 heteroatoms. The quantitative estimate of drug-likeness (QED) is 0.396. The molecule has 1 aliphatic carbocycles. The second-order valence-corrected chi connectivity index (χ2v) is 13.2. The zero-order valence-electron chi connectivity index (χ0n) is 25.8. The van der Waals surface area contributed by atoms with Crippen LogP contribution >= 0.6 is 0 Å². The number of carbonyl (C=O) groups is 2. The summed E-state index contributed by atoms with van der Waals surface area (Å²) in [5.41, 5.74) is 0.440. The van der Waals surface area contributed by atoms with Crippen molar-refractivity contribution in [1.82, 2.24) is 25.1 Å². The lowest BCUT2D eigenvalue weighted by Crippen LogP contribution is -2.61. The van der Waals surface area contributed by atoms with Gasteiger partial charge in [-0.2, -0.15) is 4.98 Å². The summed E-state index contributed by atoms with van der Waals surface area (Å²) >= 11 is 0. The van der Waals surface area contributed by atoms with E-state index in [1.807, 2.05) is 33.8 Å². The highest BCUT2D eigenvalue weighted by molar-refractivity contribution is 5.97. The summed E-state index contributed by atoms with van der Waals surface area (Å²) in [6.45, 7) is 12.9. The maximum atomic E-state index is 14.2. The van der Waals surface area contributed by atoms with Crippen molar-refractivity contribution in [1.29, 1.82) is 0 Å². The van der Waals surface area contributed by atoms with Gasteiger partial charge in [0.15, 0.2) is 0 Å². The average Bonchev–Trinajstić information content (AvgIpc) is 2.94. The van der Waals surface area contributed by atoms with E-state index in [2.05, 4.69) is 25.1 Å². The first-order chi connectivity index (χ1) is 20.5. The molecule has 0 atom stereocenters. The van der Waals surface area contributed by atoms with Crippen LogP contribution in [-0.4, -0.2) is 87.7 Å². The minimum Gasteiger partial charge on any atom is -0.465 e. The topological polar surface area (TPSA) is 111 Å². The number of piperidine rings is 1. The number of amides is 2. The number of aromatic nitrogens is 2. The Kier molecular flexibility index (Phi) is 9.39. The largest absolute Gasteiger partial charge is 0.465 e.